The van der Waals surface area contributed by atoms with Crippen LogP contribution < -0.4 is 5.32 Å². The van der Waals surface area contributed by atoms with Gasteiger partial charge in [-0.15, -0.1) is 11.3 Å². The minimum Gasteiger partial charge on any atom is -0.456 e. The zero-order valence-electron chi connectivity index (χ0n) is 12.9. The van der Waals surface area contributed by atoms with Gasteiger partial charge in [-0.05, 0) is 39.1 Å². The van der Waals surface area contributed by atoms with Gasteiger partial charge in [-0.2, -0.15) is 0 Å². The Kier molecular flexibility index (Phi) is 4.09. The number of rotatable bonds is 2. The third kappa shape index (κ3) is 3.26. The summed E-state index contributed by atoms with van der Waals surface area (Å²) in [5.41, 5.74) is 0.519. The van der Waals surface area contributed by atoms with Crippen molar-refractivity contribution in [3.8, 4) is 0 Å². The highest BCUT2D eigenvalue weighted by molar-refractivity contribution is 7.10. The van der Waals surface area contributed by atoms with Gasteiger partial charge < -0.3 is 15.0 Å². The molecule has 2 heterocycles. The van der Waals surface area contributed by atoms with Crippen LogP contribution >= 0.6 is 11.3 Å². The van der Waals surface area contributed by atoms with Gasteiger partial charge >= 0.3 is 12.0 Å². The molecule has 2 amide bonds. The Balaban J connectivity index is 2.44. The third-order valence-electron chi connectivity index (χ3n) is 3.20. The van der Waals surface area contributed by atoms with Crippen molar-refractivity contribution in [3.63, 3.8) is 0 Å². The topological polar surface area (TPSA) is 58.6 Å². The average Bonchev–Trinajstić information content (AvgIpc) is 2.86. The summed E-state index contributed by atoms with van der Waals surface area (Å²) < 4.78 is 5.49. The maximum Gasteiger partial charge on any atom is 0.338 e. The maximum absolute atomic E-state index is 12.5. The standard InChI is InChI=1S/C15H20N2O3S/c1-9-11(13(18)20-15(2,3)4)12(10-7-6-8-21-10)16-14(19)17(9)5/h6-8,12H,1-5H3,(H,16,19). The average molecular weight is 308 g/mol. The number of nitrogens with zero attached hydrogens (tertiary/aromatic N) is 1. The first-order valence-electron chi connectivity index (χ1n) is 6.72. The van der Waals surface area contributed by atoms with E-state index < -0.39 is 17.6 Å². The van der Waals surface area contributed by atoms with E-state index in [4.69, 9.17) is 4.74 Å². The number of nitrogens with one attached hydrogen (secondary N) is 1. The number of amides is 2. The van der Waals surface area contributed by atoms with E-state index in [1.165, 1.54) is 16.2 Å². The second kappa shape index (κ2) is 5.52. The fourth-order valence-corrected chi connectivity index (χ4v) is 2.89. The summed E-state index contributed by atoms with van der Waals surface area (Å²) >= 11 is 1.50. The molecule has 2 rings (SSSR count). The summed E-state index contributed by atoms with van der Waals surface area (Å²) in [5.74, 6) is -0.398. The number of esters is 1. The molecule has 1 aromatic rings. The normalized spacial score (nSPS) is 19.6. The molecule has 6 heteroatoms. The monoisotopic (exact) mass is 308 g/mol. The molecular formula is C15H20N2O3S. The van der Waals surface area contributed by atoms with Crippen molar-refractivity contribution >= 4 is 23.3 Å². The Morgan fingerprint density at radius 2 is 2.10 bits per heavy atom. The smallest absolute Gasteiger partial charge is 0.338 e. The van der Waals surface area contributed by atoms with Crippen LogP contribution in [0.1, 0.15) is 38.6 Å². The first-order chi connectivity index (χ1) is 9.70. The first-order valence-corrected chi connectivity index (χ1v) is 7.60. The molecule has 1 aromatic heterocycles. The van der Waals surface area contributed by atoms with Crippen LogP contribution in [0.25, 0.3) is 0 Å². The lowest BCUT2D eigenvalue weighted by atomic mass is 10.0. The lowest BCUT2D eigenvalue weighted by Gasteiger charge is -2.33. The van der Waals surface area contributed by atoms with E-state index in [2.05, 4.69) is 5.32 Å². The van der Waals surface area contributed by atoms with Gasteiger partial charge in [0, 0.05) is 17.6 Å². The number of carbonyl (C=O) groups excluding carboxylic acids is 2. The van der Waals surface area contributed by atoms with E-state index in [-0.39, 0.29) is 6.03 Å². The van der Waals surface area contributed by atoms with E-state index in [1.54, 1.807) is 14.0 Å². The SMILES string of the molecule is CC1=C(C(=O)OC(C)(C)C)C(c2cccs2)NC(=O)N1C. The van der Waals surface area contributed by atoms with Gasteiger partial charge in [-0.25, -0.2) is 9.59 Å². The Hall–Kier alpha value is -1.82. The van der Waals surface area contributed by atoms with Crippen LogP contribution in [0, 0.1) is 0 Å². The van der Waals surface area contributed by atoms with Gasteiger partial charge in [0.05, 0.1) is 11.6 Å². The highest BCUT2D eigenvalue weighted by Gasteiger charge is 2.36. The number of allylic oxidation sites excluding steroid dienone is 1. The van der Waals surface area contributed by atoms with Gasteiger partial charge in [0.25, 0.3) is 0 Å². The van der Waals surface area contributed by atoms with Gasteiger partial charge in [0.15, 0.2) is 0 Å². The molecule has 1 N–H and O–H groups in total. The van der Waals surface area contributed by atoms with Crippen LogP contribution in [0.15, 0.2) is 28.8 Å². The summed E-state index contributed by atoms with van der Waals surface area (Å²) in [6, 6.07) is 3.12. The fraction of sp³-hybridized carbons (Fsp3) is 0.467. The predicted octanol–water partition coefficient (Wildman–Crippen LogP) is 3.06. The molecule has 0 aliphatic carbocycles. The van der Waals surface area contributed by atoms with Gasteiger partial charge in [0.1, 0.15) is 5.60 Å². The summed E-state index contributed by atoms with van der Waals surface area (Å²) in [6.45, 7) is 7.24. The summed E-state index contributed by atoms with van der Waals surface area (Å²) in [7, 11) is 1.64. The molecule has 0 aromatic carbocycles. The van der Waals surface area contributed by atoms with Crippen LogP contribution in [0.2, 0.25) is 0 Å². The highest BCUT2D eigenvalue weighted by Crippen LogP contribution is 2.33. The van der Waals surface area contributed by atoms with E-state index in [0.717, 1.165) is 4.88 Å². The molecule has 1 aliphatic heterocycles. The fourth-order valence-electron chi connectivity index (χ4n) is 2.10. The summed E-state index contributed by atoms with van der Waals surface area (Å²) in [4.78, 5) is 26.9. The number of thiophene rings is 1. The van der Waals surface area contributed by atoms with Gasteiger partial charge in [0.2, 0.25) is 0 Å². The molecule has 114 valence electrons. The summed E-state index contributed by atoms with van der Waals surface area (Å²) in [6.07, 6.45) is 0. The Morgan fingerprint density at radius 3 is 2.62 bits per heavy atom. The van der Waals surface area contributed by atoms with Crippen molar-refractivity contribution in [3.05, 3.63) is 33.7 Å². The second-order valence-electron chi connectivity index (χ2n) is 5.96. The second-order valence-corrected chi connectivity index (χ2v) is 6.94. The van der Waals surface area contributed by atoms with Crippen LogP contribution in [-0.2, 0) is 9.53 Å². The third-order valence-corrected chi connectivity index (χ3v) is 4.14. The van der Waals surface area contributed by atoms with Crippen molar-refractivity contribution in [2.75, 3.05) is 7.05 Å². The number of hydrogen-bond acceptors (Lipinski definition) is 4. The zero-order chi connectivity index (χ0) is 15.8. The Bertz CT molecular complexity index is 585. The van der Waals surface area contributed by atoms with Crippen molar-refractivity contribution in [2.24, 2.45) is 0 Å². The molecule has 1 aliphatic rings. The molecule has 1 atom stereocenters. The van der Waals surface area contributed by atoms with Crippen molar-refractivity contribution < 1.29 is 14.3 Å². The number of hydrogen-bond donors (Lipinski definition) is 1. The van der Waals surface area contributed by atoms with E-state index >= 15 is 0 Å². The van der Waals surface area contributed by atoms with E-state index in [9.17, 15) is 9.59 Å². The zero-order valence-corrected chi connectivity index (χ0v) is 13.7. The number of ether oxygens (including phenoxy) is 1. The van der Waals surface area contributed by atoms with Gasteiger partial charge in [-0.1, -0.05) is 6.07 Å². The molecule has 0 saturated carbocycles. The Morgan fingerprint density at radius 1 is 1.43 bits per heavy atom. The molecule has 0 bridgehead atoms. The maximum atomic E-state index is 12.5. The Labute approximate surface area is 128 Å². The molecule has 0 saturated heterocycles. The molecule has 5 nitrogen and oxygen atoms in total. The minimum absolute atomic E-state index is 0.224. The number of carbonyl (C=O) groups is 2. The van der Waals surface area contributed by atoms with Crippen LogP contribution in [0.4, 0.5) is 4.79 Å². The molecule has 1 unspecified atom stereocenters. The predicted molar refractivity (Wildman–Crippen MR) is 81.9 cm³/mol. The van der Waals surface area contributed by atoms with Crippen molar-refractivity contribution in [1.29, 1.82) is 0 Å². The largest absolute Gasteiger partial charge is 0.456 e. The first kappa shape index (κ1) is 15.6. The van der Waals surface area contributed by atoms with Crippen molar-refractivity contribution in [2.45, 2.75) is 39.3 Å². The van der Waals surface area contributed by atoms with Crippen LogP contribution in [-0.4, -0.2) is 29.5 Å². The minimum atomic E-state index is -0.579. The summed E-state index contributed by atoms with van der Waals surface area (Å²) in [5, 5.41) is 4.77. The van der Waals surface area contributed by atoms with Crippen LogP contribution in [0.3, 0.4) is 0 Å². The molecular weight excluding hydrogens is 288 g/mol. The van der Waals surface area contributed by atoms with E-state index in [0.29, 0.717) is 11.3 Å². The van der Waals surface area contributed by atoms with E-state index in [1.807, 2.05) is 38.3 Å². The van der Waals surface area contributed by atoms with Crippen LogP contribution in [0.5, 0.6) is 0 Å². The van der Waals surface area contributed by atoms with Gasteiger partial charge in [-0.3, -0.25) is 0 Å². The molecule has 0 fully saturated rings. The highest BCUT2D eigenvalue weighted by atomic mass is 32.1. The molecule has 21 heavy (non-hydrogen) atoms. The lowest BCUT2D eigenvalue weighted by Crippen LogP contribution is -2.46. The van der Waals surface area contributed by atoms with Crippen molar-refractivity contribution in [1.82, 2.24) is 10.2 Å². The quantitative estimate of drug-likeness (QED) is 0.854. The molecule has 0 spiro atoms. The number of urea groups is 1. The molecule has 0 radical (unpaired) electrons. The lowest BCUT2D eigenvalue weighted by molar-refractivity contribution is -0.150.